The summed E-state index contributed by atoms with van der Waals surface area (Å²) in [6.07, 6.45) is 2.50. The third-order valence-electron chi connectivity index (χ3n) is 5.00. The largest absolute Gasteiger partial charge is 0.478 e. The van der Waals surface area contributed by atoms with Crippen molar-refractivity contribution in [2.24, 2.45) is 0 Å². The van der Waals surface area contributed by atoms with E-state index in [4.69, 9.17) is 4.74 Å². The lowest BCUT2D eigenvalue weighted by atomic mass is 10.0. The number of aromatic nitrogens is 3. The van der Waals surface area contributed by atoms with Crippen molar-refractivity contribution >= 4 is 15.8 Å². The van der Waals surface area contributed by atoms with Crippen LogP contribution in [0.25, 0.3) is 5.69 Å². The molecule has 0 atom stereocenters. The normalized spacial score (nSPS) is 12.0. The molecule has 32 heavy (non-hydrogen) atoms. The van der Waals surface area contributed by atoms with E-state index in [1.54, 1.807) is 12.1 Å². The molecule has 0 aliphatic rings. The molecule has 0 bridgehead atoms. The molecule has 1 N–H and O–H groups in total. The number of rotatable bonds is 7. The minimum Gasteiger partial charge on any atom is -0.478 e. The van der Waals surface area contributed by atoms with Crippen molar-refractivity contribution < 1.29 is 23.1 Å². The maximum Gasteiger partial charge on any atom is 0.350 e. The van der Waals surface area contributed by atoms with Gasteiger partial charge < -0.3 is 9.84 Å². The average Bonchev–Trinajstić information content (AvgIpc) is 3.04. The Balaban J connectivity index is 1.87. The Kier molecular flexibility index (Phi) is 6.01. The van der Waals surface area contributed by atoms with Crippen LogP contribution in [0.3, 0.4) is 0 Å². The van der Waals surface area contributed by atoms with E-state index in [1.807, 2.05) is 26.0 Å². The molecule has 0 unspecified atom stereocenters. The van der Waals surface area contributed by atoms with Crippen molar-refractivity contribution in [3.8, 4) is 11.4 Å². The van der Waals surface area contributed by atoms with Crippen LogP contribution in [0, 0.1) is 13.8 Å². The van der Waals surface area contributed by atoms with Gasteiger partial charge in [-0.05, 0) is 68.7 Å². The van der Waals surface area contributed by atoms with Crippen LogP contribution in [0.4, 0.5) is 0 Å². The molecule has 0 radical (unpaired) electrons. The molecule has 0 amide bonds. The molecule has 0 saturated carbocycles. The van der Waals surface area contributed by atoms with Crippen LogP contribution in [0.2, 0.25) is 0 Å². The van der Waals surface area contributed by atoms with E-state index in [9.17, 15) is 23.1 Å². The standard InChI is InChI=1S/C22H25N3O6S/c1-14-10-16(11-15(2)19(14)31-22(3,4)20(26)27)12-25-21(28)24(13-23-25)17-6-8-18(9-7-17)32(5,29)30/h6-11,13H,12H2,1-5H3,(H,26,27). The smallest absolute Gasteiger partial charge is 0.350 e. The summed E-state index contributed by atoms with van der Waals surface area (Å²) in [6, 6.07) is 9.64. The molecule has 0 saturated heterocycles. The number of hydrogen-bond donors (Lipinski definition) is 1. The number of nitrogens with zero attached hydrogens (tertiary/aromatic N) is 3. The molecule has 9 nitrogen and oxygen atoms in total. The van der Waals surface area contributed by atoms with Gasteiger partial charge in [-0.3, -0.25) is 0 Å². The Hall–Kier alpha value is -3.40. The first-order chi connectivity index (χ1) is 14.8. The fraction of sp³-hybridized carbons (Fsp3) is 0.318. The fourth-order valence-electron chi connectivity index (χ4n) is 3.24. The molecule has 0 aliphatic carbocycles. The highest BCUT2D eigenvalue weighted by molar-refractivity contribution is 7.90. The SMILES string of the molecule is Cc1cc(Cn2ncn(-c3ccc(S(C)(=O)=O)cc3)c2=O)cc(C)c1OC(C)(C)C(=O)O. The zero-order valence-corrected chi connectivity index (χ0v) is 19.3. The Morgan fingerprint density at radius 2 is 1.69 bits per heavy atom. The number of benzene rings is 2. The van der Waals surface area contributed by atoms with Gasteiger partial charge in [-0.15, -0.1) is 0 Å². The number of aryl methyl sites for hydroxylation is 2. The van der Waals surface area contributed by atoms with Crippen molar-refractivity contribution in [2.75, 3.05) is 6.26 Å². The summed E-state index contributed by atoms with van der Waals surface area (Å²) < 4.78 is 31.6. The monoisotopic (exact) mass is 459 g/mol. The number of ether oxygens (including phenoxy) is 1. The Labute approximate surface area is 185 Å². The van der Waals surface area contributed by atoms with Crippen LogP contribution < -0.4 is 10.4 Å². The van der Waals surface area contributed by atoms with E-state index < -0.39 is 21.4 Å². The van der Waals surface area contributed by atoms with Crippen LogP contribution >= 0.6 is 0 Å². The van der Waals surface area contributed by atoms with Crippen LogP contribution in [-0.4, -0.2) is 45.7 Å². The number of carbonyl (C=O) groups is 1. The maximum atomic E-state index is 12.8. The zero-order valence-electron chi connectivity index (χ0n) is 18.5. The third kappa shape index (κ3) is 4.75. The summed E-state index contributed by atoms with van der Waals surface area (Å²) in [5, 5.41) is 13.5. The average molecular weight is 460 g/mol. The van der Waals surface area contributed by atoms with Gasteiger partial charge in [0, 0.05) is 6.26 Å². The van der Waals surface area contributed by atoms with Gasteiger partial charge in [0.25, 0.3) is 0 Å². The second-order valence-electron chi connectivity index (χ2n) is 8.18. The zero-order chi connectivity index (χ0) is 23.8. The number of sulfone groups is 1. The Morgan fingerprint density at radius 3 is 2.19 bits per heavy atom. The first kappa shape index (κ1) is 23.3. The molecule has 1 aromatic heterocycles. The summed E-state index contributed by atoms with van der Waals surface area (Å²) in [7, 11) is -3.33. The Morgan fingerprint density at radius 1 is 1.12 bits per heavy atom. The van der Waals surface area contributed by atoms with E-state index >= 15 is 0 Å². The van der Waals surface area contributed by atoms with Gasteiger partial charge in [0.15, 0.2) is 15.4 Å². The van der Waals surface area contributed by atoms with Crippen LogP contribution in [0.5, 0.6) is 5.75 Å². The number of aliphatic carboxylic acids is 1. The second-order valence-corrected chi connectivity index (χ2v) is 10.2. The van der Waals surface area contributed by atoms with Gasteiger partial charge in [-0.2, -0.15) is 5.10 Å². The molecule has 2 aromatic carbocycles. The van der Waals surface area contributed by atoms with Crippen molar-refractivity contribution in [3.05, 3.63) is 69.9 Å². The minimum absolute atomic E-state index is 0.168. The van der Waals surface area contributed by atoms with Crippen molar-refractivity contribution in [3.63, 3.8) is 0 Å². The molecular formula is C22H25N3O6S. The highest BCUT2D eigenvalue weighted by Gasteiger charge is 2.30. The summed E-state index contributed by atoms with van der Waals surface area (Å²) >= 11 is 0. The third-order valence-corrected chi connectivity index (χ3v) is 6.13. The highest BCUT2D eigenvalue weighted by atomic mass is 32.2. The van der Waals surface area contributed by atoms with Gasteiger partial charge in [0.2, 0.25) is 0 Å². The lowest BCUT2D eigenvalue weighted by molar-refractivity contribution is -0.152. The molecule has 0 aliphatic heterocycles. The van der Waals surface area contributed by atoms with Crippen molar-refractivity contribution in [1.82, 2.24) is 14.3 Å². The van der Waals surface area contributed by atoms with Crippen LogP contribution in [0.15, 0.2) is 52.4 Å². The van der Waals surface area contributed by atoms with Gasteiger partial charge in [-0.25, -0.2) is 27.3 Å². The molecule has 1 heterocycles. The predicted molar refractivity (Wildman–Crippen MR) is 118 cm³/mol. The molecule has 170 valence electrons. The topological polar surface area (TPSA) is 120 Å². The van der Waals surface area contributed by atoms with Gasteiger partial charge in [0.05, 0.1) is 17.1 Å². The molecule has 3 rings (SSSR count). The van der Waals surface area contributed by atoms with Gasteiger partial charge in [0.1, 0.15) is 12.1 Å². The maximum absolute atomic E-state index is 12.8. The molecule has 3 aromatic rings. The molecular weight excluding hydrogens is 434 g/mol. The fourth-order valence-corrected chi connectivity index (χ4v) is 3.87. The quantitative estimate of drug-likeness (QED) is 0.576. The van der Waals surface area contributed by atoms with E-state index in [2.05, 4.69) is 5.10 Å². The Bertz CT molecular complexity index is 1310. The van der Waals surface area contributed by atoms with Crippen LogP contribution in [0.1, 0.15) is 30.5 Å². The summed E-state index contributed by atoms with van der Waals surface area (Å²) in [5.41, 5.74) is 1.05. The van der Waals surface area contributed by atoms with Crippen LogP contribution in [-0.2, 0) is 21.2 Å². The summed E-state index contributed by atoms with van der Waals surface area (Å²) in [6.45, 7) is 6.80. The van der Waals surface area contributed by atoms with Gasteiger partial charge >= 0.3 is 11.7 Å². The van der Waals surface area contributed by atoms with E-state index in [0.717, 1.165) is 22.9 Å². The summed E-state index contributed by atoms with van der Waals surface area (Å²) in [4.78, 5) is 24.4. The van der Waals surface area contributed by atoms with Gasteiger partial charge in [-0.1, -0.05) is 12.1 Å². The minimum atomic E-state index is -3.33. The van der Waals surface area contributed by atoms with E-state index in [0.29, 0.717) is 11.4 Å². The molecule has 10 heteroatoms. The highest BCUT2D eigenvalue weighted by Crippen LogP contribution is 2.29. The van der Waals surface area contributed by atoms with Crippen molar-refractivity contribution in [1.29, 1.82) is 0 Å². The lowest BCUT2D eigenvalue weighted by Crippen LogP contribution is -2.38. The number of carboxylic acid groups (broad SMARTS) is 1. The summed E-state index contributed by atoms with van der Waals surface area (Å²) in [5.74, 6) is -0.577. The molecule has 0 spiro atoms. The second kappa shape index (κ2) is 8.27. The van der Waals surface area contributed by atoms with E-state index in [1.165, 1.54) is 41.6 Å². The lowest BCUT2D eigenvalue weighted by Gasteiger charge is -2.24. The predicted octanol–water partition coefficient (Wildman–Crippen LogP) is 2.34. The number of carboxylic acids is 1. The van der Waals surface area contributed by atoms with Crippen molar-refractivity contribution in [2.45, 2.75) is 44.7 Å². The number of hydrogen-bond acceptors (Lipinski definition) is 6. The first-order valence-corrected chi connectivity index (χ1v) is 11.7. The molecule has 0 fully saturated rings. The van der Waals surface area contributed by atoms with E-state index in [-0.39, 0.29) is 17.1 Å². The first-order valence-electron chi connectivity index (χ1n) is 9.77.